The number of pyridine rings is 2. The maximum Gasteiger partial charge on any atom is 0.174 e. The lowest BCUT2D eigenvalue weighted by Gasteiger charge is -2.29. The molecule has 6 rings (SSSR count). The molecule has 1 N–H and O–H groups in total. The van der Waals surface area contributed by atoms with Gasteiger partial charge in [0.25, 0.3) is 0 Å². The van der Waals surface area contributed by atoms with Gasteiger partial charge in [-0.05, 0) is 97.1 Å². The highest BCUT2D eigenvalue weighted by atomic mass is 32.1. The van der Waals surface area contributed by atoms with E-state index in [-0.39, 0.29) is 12.1 Å². The molecule has 0 saturated carbocycles. The average molecular weight is 520 g/mol. The molecule has 0 amide bonds. The summed E-state index contributed by atoms with van der Waals surface area (Å²) in [7, 11) is 1.64. The second-order valence-corrected chi connectivity index (χ2v) is 9.16. The Hall–Kier alpha value is -4.69. The first-order chi connectivity index (χ1) is 18.7. The number of aromatic nitrogens is 3. The van der Waals surface area contributed by atoms with Gasteiger partial charge in [-0.1, -0.05) is 6.07 Å². The van der Waals surface area contributed by atoms with Gasteiger partial charge in [-0.15, -0.1) is 0 Å². The molecule has 1 aliphatic heterocycles. The van der Waals surface area contributed by atoms with E-state index in [9.17, 15) is 0 Å². The van der Waals surface area contributed by atoms with Gasteiger partial charge >= 0.3 is 0 Å². The number of nitrogens with zero attached hydrogens (tertiary/aromatic N) is 4. The van der Waals surface area contributed by atoms with E-state index in [1.54, 1.807) is 19.5 Å². The molecule has 0 spiro atoms. The number of thiocarbonyl (C=S) groups is 1. The number of hydrogen-bond acceptors (Lipinski definition) is 5. The first kappa shape index (κ1) is 23.7. The number of nitrogens with one attached hydrogen (secondary N) is 1. The number of methoxy groups -OCH3 is 1. The van der Waals surface area contributed by atoms with Crippen LogP contribution in [0.4, 0.5) is 5.69 Å². The summed E-state index contributed by atoms with van der Waals surface area (Å²) in [6.45, 7) is 0. The molecule has 38 heavy (non-hydrogen) atoms. The Labute approximate surface area is 226 Å². The second kappa shape index (κ2) is 10.4. The Morgan fingerprint density at radius 2 is 1.47 bits per heavy atom. The van der Waals surface area contributed by atoms with E-state index in [0.29, 0.717) is 5.11 Å². The van der Waals surface area contributed by atoms with Gasteiger partial charge in [0, 0.05) is 41.9 Å². The monoisotopic (exact) mass is 519 g/mol. The SMILES string of the molecule is COc1ccc(Oc2ccc(N3C(=S)N[C@H](c4ccccn4)[C@H]3c3cccn3-c3ccncc3)cc2)cc1. The van der Waals surface area contributed by atoms with Crippen molar-refractivity contribution in [1.82, 2.24) is 19.9 Å². The van der Waals surface area contributed by atoms with Crippen molar-refractivity contribution in [3.05, 3.63) is 127 Å². The summed E-state index contributed by atoms with van der Waals surface area (Å²) in [6.07, 6.45) is 7.47. The quantitative estimate of drug-likeness (QED) is 0.255. The fourth-order valence-corrected chi connectivity index (χ4v) is 5.11. The van der Waals surface area contributed by atoms with Gasteiger partial charge in [0.1, 0.15) is 23.3 Å². The molecule has 0 unspecified atom stereocenters. The van der Waals surface area contributed by atoms with Gasteiger partial charge in [0.05, 0.1) is 18.8 Å². The second-order valence-electron chi connectivity index (χ2n) is 8.78. The van der Waals surface area contributed by atoms with Gasteiger partial charge in [-0.25, -0.2) is 0 Å². The molecule has 0 radical (unpaired) electrons. The number of hydrogen-bond donors (Lipinski definition) is 1. The lowest BCUT2D eigenvalue weighted by atomic mass is 10.0. The minimum atomic E-state index is -0.145. The van der Waals surface area contributed by atoms with Crippen LogP contribution < -0.4 is 19.7 Å². The highest BCUT2D eigenvalue weighted by Gasteiger charge is 2.42. The summed E-state index contributed by atoms with van der Waals surface area (Å²) in [4.78, 5) is 11.0. The summed E-state index contributed by atoms with van der Waals surface area (Å²) in [6, 6.07) is 29.3. The molecule has 0 aliphatic carbocycles. The smallest absolute Gasteiger partial charge is 0.174 e. The molecule has 1 fully saturated rings. The molecular weight excluding hydrogens is 494 g/mol. The molecule has 188 valence electrons. The number of ether oxygens (including phenoxy) is 2. The fourth-order valence-electron chi connectivity index (χ4n) is 4.76. The van der Waals surface area contributed by atoms with E-state index in [1.165, 1.54) is 0 Å². The van der Waals surface area contributed by atoms with E-state index >= 15 is 0 Å². The van der Waals surface area contributed by atoms with Crippen molar-refractivity contribution in [2.75, 3.05) is 12.0 Å². The first-order valence-electron chi connectivity index (χ1n) is 12.2. The first-order valence-corrected chi connectivity index (χ1v) is 12.6. The highest BCUT2D eigenvalue weighted by Crippen LogP contribution is 2.42. The summed E-state index contributed by atoms with van der Waals surface area (Å²) in [5.41, 5.74) is 3.98. The fraction of sp³-hybridized carbons (Fsp3) is 0.100. The molecular formula is C30H25N5O2S. The maximum atomic E-state index is 6.05. The van der Waals surface area contributed by atoms with Crippen LogP contribution in [0.15, 0.2) is 116 Å². The molecule has 0 bridgehead atoms. The average Bonchev–Trinajstić information content (AvgIpc) is 3.59. The Kier molecular flexibility index (Phi) is 6.46. The van der Waals surface area contributed by atoms with Crippen LogP contribution in [0.5, 0.6) is 17.2 Å². The summed E-state index contributed by atoms with van der Waals surface area (Å²) in [5.74, 6) is 2.25. The normalized spacial score (nSPS) is 16.8. The molecule has 8 heteroatoms. The Balaban J connectivity index is 1.36. The third kappa shape index (κ3) is 4.57. The zero-order valence-corrected chi connectivity index (χ0v) is 21.5. The van der Waals surface area contributed by atoms with Gasteiger partial charge in [-0.2, -0.15) is 0 Å². The third-order valence-corrected chi connectivity index (χ3v) is 6.85. The van der Waals surface area contributed by atoms with Gasteiger partial charge in [-0.3, -0.25) is 9.97 Å². The minimum Gasteiger partial charge on any atom is -0.497 e. The number of benzene rings is 2. The Morgan fingerprint density at radius 3 is 2.16 bits per heavy atom. The topological polar surface area (TPSA) is 64.4 Å². The zero-order chi connectivity index (χ0) is 25.9. The van der Waals surface area contributed by atoms with Crippen LogP contribution in [-0.4, -0.2) is 26.8 Å². The third-order valence-electron chi connectivity index (χ3n) is 6.53. The number of rotatable bonds is 7. The van der Waals surface area contributed by atoms with Crippen LogP contribution in [0, 0.1) is 0 Å². The Morgan fingerprint density at radius 1 is 0.763 bits per heavy atom. The van der Waals surface area contributed by atoms with Gasteiger partial charge in [0.15, 0.2) is 5.11 Å². The van der Waals surface area contributed by atoms with Crippen molar-refractivity contribution in [2.45, 2.75) is 12.1 Å². The summed E-state index contributed by atoms with van der Waals surface area (Å²) >= 11 is 5.90. The molecule has 1 aliphatic rings. The van der Waals surface area contributed by atoms with E-state index in [4.69, 9.17) is 21.7 Å². The van der Waals surface area contributed by atoms with Crippen molar-refractivity contribution in [3.8, 4) is 22.9 Å². The van der Waals surface area contributed by atoms with E-state index < -0.39 is 0 Å². The van der Waals surface area contributed by atoms with Crippen LogP contribution in [0.25, 0.3) is 5.69 Å². The molecule has 5 aromatic rings. The molecule has 2 aromatic carbocycles. The van der Waals surface area contributed by atoms with Crippen LogP contribution in [-0.2, 0) is 0 Å². The molecule has 2 atom stereocenters. The maximum absolute atomic E-state index is 6.05. The van der Waals surface area contributed by atoms with Crippen LogP contribution in [0.3, 0.4) is 0 Å². The zero-order valence-electron chi connectivity index (χ0n) is 20.6. The predicted octanol–water partition coefficient (Wildman–Crippen LogP) is 6.25. The van der Waals surface area contributed by atoms with Crippen molar-refractivity contribution in [2.24, 2.45) is 0 Å². The van der Waals surface area contributed by atoms with Gasteiger partial charge in [0.2, 0.25) is 0 Å². The lowest BCUT2D eigenvalue weighted by Crippen LogP contribution is -2.30. The standard InChI is InChI=1S/C30H25N5O2S/c1-36-23-11-13-25(14-12-23)37-24-9-7-22(8-10-24)35-29(28(33-30(35)38)26-5-2-3-17-32-26)27-6-4-20-34(27)21-15-18-31-19-16-21/h2-20,28-29H,1H3,(H,33,38)/t28-,29-/m1/s1. The van der Waals surface area contributed by atoms with Crippen molar-refractivity contribution in [3.63, 3.8) is 0 Å². The van der Waals surface area contributed by atoms with Crippen molar-refractivity contribution < 1.29 is 9.47 Å². The van der Waals surface area contributed by atoms with Crippen molar-refractivity contribution >= 4 is 23.0 Å². The predicted molar refractivity (Wildman–Crippen MR) is 151 cm³/mol. The van der Waals surface area contributed by atoms with Crippen LogP contribution in [0.2, 0.25) is 0 Å². The molecule has 4 heterocycles. The van der Waals surface area contributed by atoms with Gasteiger partial charge < -0.3 is 24.3 Å². The summed E-state index contributed by atoms with van der Waals surface area (Å²) in [5, 5.41) is 4.16. The molecule has 1 saturated heterocycles. The largest absolute Gasteiger partial charge is 0.497 e. The molecule has 7 nitrogen and oxygen atoms in total. The highest BCUT2D eigenvalue weighted by molar-refractivity contribution is 7.80. The Bertz CT molecular complexity index is 1520. The lowest BCUT2D eigenvalue weighted by molar-refractivity contribution is 0.413. The summed E-state index contributed by atoms with van der Waals surface area (Å²) < 4.78 is 13.5. The van der Waals surface area contributed by atoms with Crippen LogP contribution >= 0.6 is 12.2 Å². The minimum absolute atomic E-state index is 0.144. The van der Waals surface area contributed by atoms with Crippen molar-refractivity contribution in [1.29, 1.82) is 0 Å². The van der Waals surface area contributed by atoms with E-state index in [2.05, 4.69) is 43.1 Å². The molecule has 3 aromatic heterocycles. The van der Waals surface area contributed by atoms with Crippen LogP contribution in [0.1, 0.15) is 23.5 Å². The number of anilines is 1. The van der Waals surface area contributed by atoms with E-state index in [0.717, 1.165) is 40.0 Å². The van der Waals surface area contributed by atoms with E-state index in [1.807, 2.05) is 85.1 Å².